The molecule has 1 aliphatic rings. The Morgan fingerprint density at radius 2 is 2.35 bits per heavy atom. The molecule has 2 aromatic heterocycles. The molecule has 1 atom stereocenters. The van der Waals surface area contributed by atoms with Gasteiger partial charge in [0.25, 0.3) is 5.91 Å². The number of aromatic nitrogens is 3. The molecule has 0 bridgehead atoms. The van der Waals surface area contributed by atoms with E-state index in [2.05, 4.69) is 12.0 Å². The average Bonchev–Trinajstić information content (AvgIpc) is 3.03. The van der Waals surface area contributed by atoms with Crippen LogP contribution < -0.4 is 0 Å². The van der Waals surface area contributed by atoms with Crippen molar-refractivity contribution in [2.24, 2.45) is 7.05 Å². The third kappa shape index (κ3) is 2.10. The predicted octanol–water partition coefficient (Wildman–Crippen LogP) is 1.31. The first-order valence-electron chi connectivity index (χ1n) is 7.09. The Labute approximate surface area is 117 Å². The second-order valence-electron chi connectivity index (χ2n) is 5.25. The molecule has 1 fully saturated rings. The summed E-state index contributed by atoms with van der Waals surface area (Å²) in [5, 5.41) is 4.24. The quantitative estimate of drug-likeness (QED) is 0.849. The number of imidazole rings is 1. The summed E-state index contributed by atoms with van der Waals surface area (Å²) in [7, 11) is 1.93. The third-order valence-electron chi connectivity index (χ3n) is 3.88. The normalized spacial score (nSPS) is 19.7. The summed E-state index contributed by atoms with van der Waals surface area (Å²) in [5.41, 5.74) is 1.51. The number of rotatable bonds is 3. The van der Waals surface area contributed by atoms with Gasteiger partial charge in [-0.2, -0.15) is 5.10 Å². The lowest BCUT2D eigenvalue weighted by atomic mass is 10.1. The summed E-state index contributed by atoms with van der Waals surface area (Å²) in [6.45, 7) is 4.04. The van der Waals surface area contributed by atoms with Gasteiger partial charge in [0.2, 0.25) is 0 Å². The molecule has 6 heteroatoms. The number of morpholine rings is 1. The van der Waals surface area contributed by atoms with Gasteiger partial charge in [0.05, 0.1) is 25.5 Å². The number of aryl methyl sites for hydroxylation is 1. The lowest BCUT2D eigenvalue weighted by molar-refractivity contribution is -0.00425. The minimum atomic E-state index is 0.0588. The van der Waals surface area contributed by atoms with Gasteiger partial charge in [0.1, 0.15) is 11.2 Å². The van der Waals surface area contributed by atoms with E-state index < -0.39 is 0 Å². The first-order chi connectivity index (χ1) is 9.72. The molecule has 1 aliphatic heterocycles. The Morgan fingerprint density at radius 1 is 1.50 bits per heavy atom. The topological polar surface area (TPSA) is 51.8 Å². The zero-order valence-electron chi connectivity index (χ0n) is 12.0. The number of carbonyl (C=O) groups excluding carboxylic acids is 1. The minimum Gasteiger partial charge on any atom is -0.377 e. The van der Waals surface area contributed by atoms with Crippen molar-refractivity contribution in [1.82, 2.24) is 19.1 Å². The third-order valence-corrected chi connectivity index (χ3v) is 3.88. The zero-order chi connectivity index (χ0) is 14.1. The molecule has 0 radical (unpaired) electrons. The van der Waals surface area contributed by atoms with Crippen LogP contribution in [0.4, 0.5) is 0 Å². The fourth-order valence-electron chi connectivity index (χ4n) is 2.85. The highest BCUT2D eigenvalue weighted by Crippen LogP contribution is 2.19. The van der Waals surface area contributed by atoms with E-state index >= 15 is 0 Å². The van der Waals surface area contributed by atoms with E-state index in [-0.39, 0.29) is 11.9 Å². The summed E-state index contributed by atoms with van der Waals surface area (Å²) in [5.74, 6) is 0.0588. The van der Waals surface area contributed by atoms with Crippen LogP contribution in [0.15, 0.2) is 18.6 Å². The van der Waals surface area contributed by atoms with Crippen LogP contribution in [0.5, 0.6) is 0 Å². The molecular weight excluding hydrogens is 256 g/mol. The number of fused-ring (bicyclic) bond motifs is 1. The molecule has 6 nitrogen and oxygen atoms in total. The first kappa shape index (κ1) is 13.2. The number of hydrogen-bond acceptors (Lipinski definition) is 3. The molecule has 0 unspecified atom stereocenters. The lowest BCUT2D eigenvalue weighted by Gasteiger charge is -2.35. The molecule has 1 amide bonds. The summed E-state index contributed by atoms with van der Waals surface area (Å²) < 4.78 is 9.17. The number of carbonyl (C=O) groups is 1. The van der Waals surface area contributed by atoms with Crippen molar-refractivity contribution < 1.29 is 9.53 Å². The highest BCUT2D eigenvalue weighted by Gasteiger charge is 2.29. The maximum atomic E-state index is 12.8. The van der Waals surface area contributed by atoms with E-state index in [1.54, 1.807) is 10.7 Å². The van der Waals surface area contributed by atoms with Crippen molar-refractivity contribution in [3.8, 4) is 0 Å². The van der Waals surface area contributed by atoms with E-state index in [1.807, 2.05) is 28.9 Å². The maximum absolute atomic E-state index is 12.8. The Kier molecular flexibility index (Phi) is 3.48. The van der Waals surface area contributed by atoms with Crippen LogP contribution in [0, 0.1) is 0 Å². The largest absolute Gasteiger partial charge is 0.377 e. The molecule has 108 valence electrons. The van der Waals surface area contributed by atoms with Gasteiger partial charge < -0.3 is 14.2 Å². The van der Waals surface area contributed by atoms with Crippen LogP contribution in [-0.2, 0) is 11.8 Å². The Hall–Kier alpha value is -1.82. The second-order valence-corrected chi connectivity index (χ2v) is 5.25. The Bertz CT molecular complexity index is 614. The molecular formula is C14H20N4O2. The fourth-order valence-corrected chi connectivity index (χ4v) is 2.85. The van der Waals surface area contributed by atoms with Crippen molar-refractivity contribution in [2.75, 3.05) is 19.8 Å². The standard InChI is InChI=1S/C14H20N4O2/c1-3-4-11-10-20-8-7-17(11)14(19)12-9-15-18-6-5-16(2)13(12)18/h5-6,9,11H,3-4,7-8,10H2,1-2H3/t11-/m1/s1. The van der Waals surface area contributed by atoms with Crippen LogP contribution in [0.3, 0.4) is 0 Å². The lowest BCUT2D eigenvalue weighted by Crippen LogP contribution is -2.48. The van der Waals surface area contributed by atoms with Crippen LogP contribution in [0.1, 0.15) is 30.1 Å². The molecule has 2 aromatic rings. The molecule has 0 N–H and O–H groups in total. The maximum Gasteiger partial charge on any atom is 0.259 e. The molecule has 0 spiro atoms. The summed E-state index contributed by atoms with van der Waals surface area (Å²) >= 11 is 0. The van der Waals surface area contributed by atoms with Crippen molar-refractivity contribution in [1.29, 1.82) is 0 Å². The number of hydrogen-bond donors (Lipinski definition) is 0. The van der Waals surface area contributed by atoms with Gasteiger partial charge in [0.15, 0.2) is 0 Å². The molecule has 3 rings (SSSR count). The SMILES string of the molecule is CCC[C@@H]1COCCN1C(=O)c1cnn2ccn(C)c12. The van der Waals surface area contributed by atoms with Gasteiger partial charge in [0, 0.05) is 26.0 Å². The van der Waals surface area contributed by atoms with Crippen LogP contribution in [0.2, 0.25) is 0 Å². The van der Waals surface area contributed by atoms with Gasteiger partial charge in [-0.25, -0.2) is 4.52 Å². The first-order valence-corrected chi connectivity index (χ1v) is 7.09. The predicted molar refractivity (Wildman–Crippen MR) is 74.7 cm³/mol. The van der Waals surface area contributed by atoms with Crippen LogP contribution >= 0.6 is 0 Å². The van der Waals surface area contributed by atoms with E-state index in [1.165, 1.54) is 0 Å². The Morgan fingerprint density at radius 3 is 3.15 bits per heavy atom. The van der Waals surface area contributed by atoms with E-state index in [0.717, 1.165) is 18.5 Å². The van der Waals surface area contributed by atoms with Crippen LogP contribution in [0.25, 0.3) is 5.65 Å². The molecule has 3 heterocycles. The van der Waals surface area contributed by atoms with Gasteiger partial charge in [-0.05, 0) is 6.42 Å². The molecule has 20 heavy (non-hydrogen) atoms. The summed E-state index contributed by atoms with van der Waals surface area (Å²) in [6, 6.07) is 0.177. The van der Waals surface area contributed by atoms with Gasteiger partial charge in [-0.3, -0.25) is 4.79 Å². The highest BCUT2D eigenvalue weighted by molar-refractivity contribution is 6.00. The second kappa shape index (κ2) is 5.28. The minimum absolute atomic E-state index is 0.0588. The zero-order valence-corrected chi connectivity index (χ0v) is 12.0. The van der Waals surface area contributed by atoms with Crippen LogP contribution in [-0.4, -0.2) is 50.8 Å². The van der Waals surface area contributed by atoms with Gasteiger partial charge in [-0.1, -0.05) is 13.3 Å². The van der Waals surface area contributed by atoms with Crippen molar-refractivity contribution >= 4 is 11.6 Å². The van der Waals surface area contributed by atoms with E-state index in [0.29, 0.717) is 25.3 Å². The van der Waals surface area contributed by atoms with E-state index in [9.17, 15) is 4.79 Å². The average molecular weight is 276 g/mol. The van der Waals surface area contributed by atoms with Gasteiger partial charge in [-0.15, -0.1) is 0 Å². The highest BCUT2D eigenvalue weighted by atomic mass is 16.5. The smallest absolute Gasteiger partial charge is 0.259 e. The van der Waals surface area contributed by atoms with Crippen molar-refractivity contribution in [2.45, 2.75) is 25.8 Å². The Balaban J connectivity index is 1.92. The number of amides is 1. The number of nitrogens with zero attached hydrogens (tertiary/aromatic N) is 4. The molecule has 0 aliphatic carbocycles. The molecule has 0 saturated carbocycles. The summed E-state index contributed by atoms with van der Waals surface area (Å²) in [6.07, 6.45) is 7.45. The van der Waals surface area contributed by atoms with E-state index in [4.69, 9.17) is 4.74 Å². The molecule has 0 aromatic carbocycles. The monoisotopic (exact) mass is 276 g/mol. The fraction of sp³-hybridized carbons (Fsp3) is 0.571. The van der Waals surface area contributed by atoms with Crippen molar-refractivity contribution in [3.63, 3.8) is 0 Å². The van der Waals surface area contributed by atoms with Gasteiger partial charge >= 0.3 is 0 Å². The summed E-state index contributed by atoms with van der Waals surface area (Å²) in [4.78, 5) is 14.8. The van der Waals surface area contributed by atoms with Crippen molar-refractivity contribution in [3.05, 3.63) is 24.2 Å². The molecule has 1 saturated heterocycles. The number of ether oxygens (including phenoxy) is 1.